The number of nitrogens with zero attached hydrogens (tertiary/aromatic N) is 5. The van der Waals surface area contributed by atoms with Crippen LogP contribution in [-0.4, -0.2) is 61.1 Å². The first kappa shape index (κ1) is 39.4. The van der Waals surface area contributed by atoms with E-state index in [1.54, 1.807) is 30.6 Å². The van der Waals surface area contributed by atoms with Crippen molar-refractivity contribution in [3.63, 3.8) is 0 Å². The number of fused-ring (bicyclic) bond motifs is 2. The maximum Gasteiger partial charge on any atom is 0.354 e. The highest BCUT2D eigenvalue weighted by Crippen LogP contribution is 2.43. The Hall–Kier alpha value is -4.88. The average Bonchev–Trinajstić information content (AvgIpc) is 3.82. The topological polar surface area (TPSA) is 117 Å². The van der Waals surface area contributed by atoms with Gasteiger partial charge in [-0.05, 0) is 72.7 Å². The highest BCUT2D eigenvalue weighted by Gasteiger charge is 2.27. The lowest BCUT2D eigenvalue weighted by atomic mass is 9.98. The first-order valence-electron chi connectivity index (χ1n) is 18.2. The molecule has 0 aliphatic carbocycles. The molecule has 3 aromatic heterocycles. The molecule has 2 N–H and O–H groups in total. The number of aryl methyl sites for hydroxylation is 3. The van der Waals surface area contributed by atoms with Crippen LogP contribution in [0, 0.1) is 6.92 Å². The van der Waals surface area contributed by atoms with Gasteiger partial charge in [-0.3, -0.25) is 9.36 Å². The molecule has 10 nitrogen and oxygen atoms in total. The number of methoxy groups -OCH3 is 2. The van der Waals surface area contributed by atoms with E-state index in [9.17, 15) is 15.0 Å². The SMILES string of the molecule is COC(=O)c1c(CCCO)c2ccc(Cl)c(-c3c(CSCc4cc(CSc5cc(O)c6ccccc6c5)n(Cc5ccc(OC)cc5)n4)nn(C)c3C)c2n1C. The Morgan fingerprint density at radius 2 is 1.70 bits per heavy atom. The lowest BCUT2D eigenvalue weighted by Gasteiger charge is -2.12. The van der Waals surface area contributed by atoms with E-state index < -0.39 is 5.97 Å². The smallest absolute Gasteiger partial charge is 0.354 e. The molecule has 0 saturated carbocycles. The second-order valence-electron chi connectivity index (χ2n) is 13.6. The molecule has 0 saturated heterocycles. The first-order valence-corrected chi connectivity index (χ1v) is 20.8. The zero-order valence-electron chi connectivity index (χ0n) is 32.0. The van der Waals surface area contributed by atoms with E-state index in [1.165, 1.54) is 7.11 Å². The number of phenolic OH excluding ortho intramolecular Hbond substituents is 1. The van der Waals surface area contributed by atoms with Gasteiger partial charge in [0.25, 0.3) is 0 Å². The van der Waals surface area contributed by atoms with Crippen molar-refractivity contribution in [1.29, 1.82) is 0 Å². The zero-order valence-corrected chi connectivity index (χ0v) is 34.4. The number of hydrogen-bond donors (Lipinski definition) is 2. The predicted molar refractivity (Wildman–Crippen MR) is 226 cm³/mol. The van der Waals surface area contributed by atoms with Crippen LogP contribution in [0.2, 0.25) is 5.02 Å². The Labute approximate surface area is 339 Å². The third kappa shape index (κ3) is 7.88. The minimum atomic E-state index is -0.433. The van der Waals surface area contributed by atoms with E-state index in [4.69, 9.17) is 31.3 Å². The Balaban J connectivity index is 1.17. The quantitative estimate of drug-likeness (QED) is 0.0773. The molecule has 3 heterocycles. The summed E-state index contributed by atoms with van der Waals surface area (Å²) in [5, 5.41) is 33.7. The summed E-state index contributed by atoms with van der Waals surface area (Å²) in [5.41, 5.74) is 8.83. The van der Waals surface area contributed by atoms with Crippen molar-refractivity contribution in [2.45, 2.75) is 48.5 Å². The van der Waals surface area contributed by atoms with Crippen LogP contribution in [-0.2, 0) is 49.1 Å². The van der Waals surface area contributed by atoms with Crippen LogP contribution in [0.15, 0.2) is 83.8 Å². The summed E-state index contributed by atoms with van der Waals surface area (Å²) in [6.45, 7) is 2.64. The molecule has 290 valence electrons. The van der Waals surface area contributed by atoms with Crippen molar-refractivity contribution in [1.82, 2.24) is 24.1 Å². The third-order valence-electron chi connectivity index (χ3n) is 10.1. The molecule has 7 aromatic rings. The summed E-state index contributed by atoms with van der Waals surface area (Å²) < 4.78 is 16.4. The van der Waals surface area contributed by atoms with Gasteiger partial charge in [-0.25, -0.2) is 4.79 Å². The fraction of sp³-hybridized carbons (Fsp3) is 0.279. The monoisotopic (exact) mass is 809 g/mol. The summed E-state index contributed by atoms with van der Waals surface area (Å²) >= 11 is 10.4. The van der Waals surface area contributed by atoms with E-state index in [0.29, 0.717) is 47.4 Å². The van der Waals surface area contributed by atoms with Crippen molar-refractivity contribution >= 4 is 62.8 Å². The molecular weight excluding hydrogens is 766 g/mol. The number of aromatic nitrogens is 5. The van der Waals surface area contributed by atoms with Crippen molar-refractivity contribution in [3.05, 3.63) is 123 Å². The first-order chi connectivity index (χ1) is 27.1. The molecule has 4 aromatic carbocycles. The Kier molecular flexibility index (Phi) is 12.0. The molecule has 7 rings (SSSR count). The number of esters is 1. The Morgan fingerprint density at radius 3 is 2.45 bits per heavy atom. The molecule has 56 heavy (non-hydrogen) atoms. The van der Waals surface area contributed by atoms with E-state index in [2.05, 4.69) is 28.9 Å². The van der Waals surface area contributed by atoms with Crippen LogP contribution in [0.25, 0.3) is 32.8 Å². The van der Waals surface area contributed by atoms with Crippen molar-refractivity contribution in [3.8, 4) is 22.6 Å². The molecule has 0 atom stereocenters. The van der Waals surface area contributed by atoms with Gasteiger partial charge in [0.2, 0.25) is 0 Å². The van der Waals surface area contributed by atoms with E-state index in [-0.39, 0.29) is 12.4 Å². The number of halogens is 1. The normalized spacial score (nSPS) is 11.6. The third-order valence-corrected chi connectivity index (χ3v) is 12.4. The number of ether oxygens (including phenoxy) is 2. The van der Waals surface area contributed by atoms with E-state index in [0.717, 1.165) is 77.3 Å². The minimum Gasteiger partial charge on any atom is -0.507 e. The lowest BCUT2D eigenvalue weighted by Crippen LogP contribution is -2.10. The van der Waals surface area contributed by atoms with Crippen LogP contribution in [0.3, 0.4) is 0 Å². The minimum absolute atomic E-state index is 0.00951. The summed E-state index contributed by atoms with van der Waals surface area (Å²) in [6.07, 6.45) is 1.03. The number of aliphatic hydroxyl groups excluding tert-OH is 1. The number of aromatic hydroxyl groups is 1. The highest BCUT2D eigenvalue weighted by atomic mass is 35.5. The molecule has 0 bridgehead atoms. The van der Waals surface area contributed by atoms with Crippen LogP contribution < -0.4 is 4.74 Å². The van der Waals surface area contributed by atoms with Gasteiger partial charge < -0.3 is 24.3 Å². The summed E-state index contributed by atoms with van der Waals surface area (Å²) in [6, 6.07) is 25.8. The van der Waals surface area contributed by atoms with Gasteiger partial charge in [-0.15, -0.1) is 23.5 Å². The van der Waals surface area contributed by atoms with Crippen molar-refractivity contribution in [2.24, 2.45) is 14.1 Å². The Bertz CT molecular complexity index is 2540. The van der Waals surface area contributed by atoms with Gasteiger partial charge in [-0.1, -0.05) is 54.1 Å². The van der Waals surface area contributed by atoms with Gasteiger partial charge in [0.05, 0.1) is 42.7 Å². The van der Waals surface area contributed by atoms with Crippen LogP contribution >= 0.6 is 35.1 Å². The number of phenols is 1. The second-order valence-corrected chi connectivity index (χ2v) is 16.1. The number of benzene rings is 4. The van der Waals surface area contributed by atoms with E-state index in [1.807, 2.05) is 84.9 Å². The molecule has 0 unspecified atom stereocenters. The largest absolute Gasteiger partial charge is 0.507 e. The van der Waals surface area contributed by atoms with Gasteiger partial charge in [-0.2, -0.15) is 10.2 Å². The number of rotatable bonds is 15. The van der Waals surface area contributed by atoms with Crippen LogP contribution in [0.4, 0.5) is 0 Å². The fourth-order valence-electron chi connectivity index (χ4n) is 7.31. The van der Waals surface area contributed by atoms with Crippen LogP contribution in [0.5, 0.6) is 11.5 Å². The number of carbonyl (C=O) groups is 1. The fourth-order valence-corrected chi connectivity index (χ4v) is 9.35. The number of aliphatic hydroxyl groups is 1. The zero-order chi connectivity index (χ0) is 39.5. The average molecular weight is 810 g/mol. The van der Waals surface area contributed by atoms with Gasteiger partial charge in [0, 0.05) is 76.1 Å². The molecule has 0 radical (unpaired) electrons. The molecule has 0 spiro atoms. The molecule has 0 fully saturated rings. The standard InChI is InChI=1S/C43H44ClN5O5S2/c1-26-39(40-36(44)17-16-35-34(11-8-18-50)42(43(52)54-5)47(2)41(35)40)37(46-48(26)3)25-55-23-29-20-30(49(45-29)22-27-12-14-31(53-4)15-13-27)24-56-32-19-28-9-6-7-10-33(28)38(51)21-32/h6-7,9-10,12-17,19-21,50-51H,8,11,18,22-25H2,1-5H3. The summed E-state index contributed by atoms with van der Waals surface area (Å²) in [4.78, 5) is 14.1. The Morgan fingerprint density at radius 1 is 0.911 bits per heavy atom. The number of carbonyl (C=O) groups excluding carboxylic acids is 1. The molecule has 0 aliphatic heterocycles. The maximum atomic E-state index is 13.1. The molecule has 0 aliphatic rings. The predicted octanol–water partition coefficient (Wildman–Crippen LogP) is 9.09. The maximum absolute atomic E-state index is 13.1. The summed E-state index contributed by atoms with van der Waals surface area (Å²) in [5.74, 6) is 2.56. The number of hydrogen-bond acceptors (Lipinski definition) is 9. The van der Waals surface area contributed by atoms with Crippen molar-refractivity contribution < 1.29 is 24.5 Å². The van der Waals surface area contributed by atoms with Crippen molar-refractivity contribution in [2.75, 3.05) is 20.8 Å². The van der Waals surface area contributed by atoms with Gasteiger partial charge in [0.1, 0.15) is 17.2 Å². The van der Waals surface area contributed by atoms with Gasteiger partial charge in [0.15, 0.2) is 0 Å². The lowest BCUT2D eigenvalue weighted by molar-refractivity contribution is 0.0589. The molecule has 0 amide bonds. The summed E-state index contributed by atoms with van der Waals surface area (Å²) in [7, 11) is 6.83. The van der Waals surface area contributed by atoms with Gasteiger partial charge >= 0.3 is 5.97 Å². The molecular formula is C43H44ClN5O5S2. The van der Waals surface area contributed by atoms with Crippen LogP contribution in [0.1, 0.15) is 50.8 Å². The number of thioether (sulfide) groups is 2. The molecule has 13 heteroatoms. The second kappa shape index (κ2) is 17.1. The highest BCUT2D eigenvalue weighted by molar-refractivity contribution is 7.98. The van der Waals surface area contributed by atoms with E-state index >= 15 is 0 Å².